The molecule has 2 fully saturated rings. The zero-order valence-electron chi connectivity index (χ0n) is 41.7. The summed E-state index contributed by atoms with van der Waals surface area (Å²) in [6.07, 6.45) is 24.4. The van der Waals surface area contributed by atoms with Crippen LogP contribution in [0.2, 0.25) is 0 Å². The Balaban J connectivity index is 1.74. The van der Waals surface area contributed by atoms with E-state index in [2.05, 4.69) is 13.8 Å². The number of aliphatic hydroxyl groups is 7. The van der Waals surface area contributed by atoms with E-state index in [1.165, 1.54) is 161 Å². The van der Waals surface area contributed by atoms with Gasteiger partial charge in [-0.25, -0.2) is 0 Å². The fourth-order valence-electron chi connectivity index (χ4n) is 8.93. The lowest BCUT2D eigenvalue weighted by Gasteiger charge is -2.42. The van der Waals surface area contributed by atoms with Crippen LogP contribution in [0.3, 0.4) is 0 Å². The van der Waals surface area contributed by atoms with Gasteiger partial charge in [-0.05, 0) is 12.8 Å². The van der Waals surface area contributed by atoms with Crippen molar-refractivity contribution in [2.75, 3.05) is 33.0 Å². The molecule has 0 aliphatic carbocycles. The highest BCUT2D eigenvalue weighted by molar-refractivity contribution is 5.69. The van der Waals surface area contributed by atoms with Gasteiger partial charge in [0.1, 0.15) is 54.9 Å². The third kappa shape index (κ3) is 28.0. The van der Waals surface area contributed by atoms with Crippen LogP contribution in [0.4, 0.5) is 0 Å². The summed E-state index contributed by atoms with van der Waals surface area (Å²) in [6, 6.07) is 0. The van der Waals surface area contributed by atoms with Gasteiger partial charge in [0.05, 0.1) is 26.4 Å². The molecule has 0 amide bonds. The molecule has 0 spiro atoms. The SMILES string of the molecule is CCCCCCCCCCCCCCCCCCOCC(COC1OC(COC2OC(CO)C(O)C(O)C2O)C(O)C(O)C1O)OC(=O)CCCCCCCCCCCCCCCCCC. The van der Waals surface area contributed by atoms with Gasteiger partial charge in [-0.15, -0.1) is 0 Å². The third-order valence-corrected chi connectivity index (χ3v) is 13.4. The van der Waals surface area contributed by atoms with Crippen LogP contribution < -0.4 is 0 Å². The van der Waals surface area contributed by atoms with Crippen LogP contribution in [0.5, 0.6) is 0 Å². The van der Waals surface area contributed by atoms with Gasteiger partial charge in [-0.3, -0.25) is 4.79 Å². The summed E-state index contributed by atoms with van der Waals surface area (Å²) in [6.45, 7) is 3.75. The molecule has 66 heavy (non-hydrogen) atoms. The largest absolute Gasteiger partial charge is 0.457 e. The van der Waals surface area contributed by atoms with Crippen molar-refractivity contribution < 1.29 is 69.0 Å². The quantitative estimate of drug-likeness (QED) is 0.0226. The summed E-state index contributed by atoms with van der Waals surface area (Å²) in [5, 5.41) is 72.2. The van der Waals surface area contributed by atoms with Crippen molar-refractivity contribution in [3.63, 3.8) is 0 Å². The average molecular weight is 949 g/mol. The lowest BCUT2D eigenvalue weighted by Crippen LogP contribution is -2.61. The minimum atomic E-state index is -1.70. The number of esters is 1. The molecule has 11 unspecified atom stereocenters. The number of rotatable bonds is 44. The van der Waals surface area contributed by atoms with Crippen molar-refractivity contribution >= 4 is 5.97 Å². The van der Waals surface area contributed by atoms with Crippen LogP contribution in [0.25, 0.3) is 0 Å². The van der Waals surface area contributed by atoms with E-state index in [0.29, 0.717) is 6.61 Å². The highest BCUT2D eigenvalue weighted by Gasteiger charge is 2.47. The molecule has 2 saturated heterocycles. The molecule has 2 aliphatic heterocycles. The second-order valence-electron chi connectivity index (χ2n) is 19.4. The standard InChI is InChI=1S/C52H100O14/c1-3-5-7-9-11-13-15-17-19-21-23-25-27-29-31-33-35-44(54)64-41(38-61-36-34-32-30-28-26-24-22-20-18-16-14-12-10-8-6-4-2)39-62-51-50(60)48(58)46(56)43(66-51)40-63-52-49(59)47(57)45(55)42(37-53)65-52/h41-43,45-53,55-60H,3-40H2,1-2H3. The van der Waals surface area contributed by atoms with E-state index in [1.54, 1.807) is 0 Å². The second-order valence-corrected chi connectivity index (χ2v) is 19.4. The molecule has 14 heteroatoms. The molecule has 0 radical (unpaired) electrons. The Morgan fingerprint density at radius 1 is 0.439 bits per heavy atom. The first-order valence-electron chi connectivity index (χ1n) is 27.1. The van der Waals surface area contributed by atoms with Gasteiger partial charge in [0.2, 0.25) is 0 Å². The average Bonchev–Trinajstić information content (AvgIpc) is 3.31. The summed E-state index contributed by atoms with van der Waals surface area (Å²) in [5.74, 6) is -0.369. The number of aliphatic hydroxyl groups excluding tert-OH is 7. The lowest BCUT2D eigenvalue weighted by molar-refractivity contribution is -0.332. The van der Waals surface area contributed by atoms with Gasteiger partial charge in [-0.2, -0.15) is 0 Å². The van der Waals surface area contributed by atoms with Crippen LogP contribution in [-0.4, -0.2) is 142 Å². The van der Waals surface area contributed by atoms with Crippen LogP contribution in [-0.2, 0) is 33.2 Å². The minimum absolute atomic E-state index is 0.0705. The van der Waals surface area contributed by atoms with E-state index in [4.69, 9.17) is 28.4 Å². The van der Waals surface area contributed by atoms with Gasteiger partial charge in [0.25, 0.3) is 0 Å². The number of carbonyl (C=O) groups excluding carboxylic acids is 1. The molecule has 0 aromatic carbocycles. The zero-order valence-corrected chi connectivity index (χ0v) is 41.7. The number of carbonyl (C=O) groups is 1. The van der Waals surface area contributed by atoms with Crippen molar-refractivity contribution in [2.24, 2.45) is 0 Å². The molecule has 0 aromatic heterocycles. The molecular formula is C52H100O14. The maximum atomic E-state index is 13.0. The second kappa shape index (κ2) is 40.7. The summed E-state index contributed by atoms with van der Waals surface area (Å²) >= 11 is 0. The van der Waals surface area contributed by atoms with E-state index in [1.807, 2.05) is 0 Å². The normalized spacial score (nSPS) is 26.2. The molecule has 11 atom stereocenters. The Morgan fingerprint density at radius 2 is 0.803 bits per heavy atom. The van der Waals surface area contributed by atoms with Crippen molar-refractivity contribution in [3.8, 4) is 0 Å². The zero-order chi connectivity index (χ0) is 48.0. The maximum absolute atomic E-state index is 13.0. The number of unbranched alkanes of at least 4 members (excludes halogenated alkanes) is 30. The van der Waals surface area contributed by atoms with Gasteiger partial charge in [-0.1, -0.05) is 206 Å². The lowest BCUT2D eigenvalue weighted by atomic mass is 9.98. The molecule has 2 aliphatic rings. The molecular weight excluding hydrogens is 849 g/mol. The summed E-state index contributed by atoms with van der Waals surface area (Å²) < 4.78 is 34.3. The fourth-order valence-corrected chi connectivity index (χ4v) is 8.93. The molecule has 2 heterocycles. The highest BCUT2D eigenvalue weighted by Crippen LogP contribution is 2.27. The third-order valence-electron chi connectivity index (χ3n) is 13.4. The molecule has 0 aromatic rings. The number of hydrogen-bond donors (Lipinski definition) is 7. The molecule has 392 valence electrons. The van der Waals surface area contributed by atoms with Gasteiger partial charge in [0, 0.05) is 13.0 Å². The van der Waals surface area contributed by atoms with E-state index >= 15 is 0 Å². The Kier molecular flexibility index (Phi) is 37.7. The van der Waals surface area contributed by atoms with Crippen molar-refractivity contribution in [1.29, 1.82) is 0 Å². The number of hydrogen-bond acceptors (Lipinski definition) is 14. The van der Waals surface area contributed by atoms with Gasteiger partial charge < -0.3 is 64.2 Å². The monoisotopic (exact) mass is 949 g/mol. The predicted octanol–water partition coefficient (Wildman–Crippen LogP) is 8.47. The Bertz CT molecular complexity index is 1100. The van der Waals surface area contributed by atoms with Crippen LogP contribution in [0, 0.1) is 0 Å². The smallest absolute Gasteiger partial charge is 0.306 e. The Hall–Kier alpha value is -1.01. The number of ether oxygens (including phenoxy) is 6. The van der Waals surface area contributed by atoms with Crippen molar-refractivity contribution in [3.05, 3.63) is 0 Å². The molecule has 7 N–H and O–H groups in total. The predicted molar refractivity (Wildman–Crippen MR) is 257 cm³/mol. The first-order valence-corrected chi connectivity index (χ1v) is 27.1. The fraction of sp³-hybridized carbons (Fsp3) is 0.981. The van der Waals surface area contributed by atoms with E-state index in [-0.39, 0.29) is 25.6 Å². The van der Waals surface area contributed by atoms with E-state index < -0.39 is 80.7 Å². The van der Waals surface area contributed by atoms with Crippen LogP contribution in [0.15, 0.2) is 0 Å². The van der Waals surface area contributed by atoms with Crippen LogP contribution in [0.1, 0.15) is 226 Å². The maximum Gasteiger partial charge on any atom is 0.306 e. The van der Waals surface area contributed by atoms with Gasteiger partial charge in [0.15, 0.2) is 12.6 Å². The van der Waals surface area contributed by atoms with E-state index in [0.717, 1.165) is 44.9 Å². The van der Waals surface area contributed by atoms with Crippen molar-refractivity contribution in [1.82, 2.24) is 0 Å². The van der Waals surface area contributed by atoms with Crippen LogP contribution >= 0.6 is 0 Å². The first-order chi connectivity index (χ1) is 32.1. The Labute approximate surface area is 400 Å². The summed E-state index contributed by atoms with van der Waals surface area (Å²) in [5.41, 5.74) is 0. The topological polar surface area (TPSA) is 214 Å². The first kappa shape index (κ1) is 61.1. The molecule has 0 bridgehead atoms. The minimum Gasteiger partial charge on any atom is -0.457 e. The molecule has 2 rings (SSSR count). The van der Waals surface area contributed by atoms with Gasteiger partial charge >= 0.3 is 5.97 Å². The highest BCUT2D eigenvalue weighted by atomic mass is 16.7. The Morgan fingerprint density at radius 3 is 1.23 bits per heavy atom. The molecule has 0 saturated carbocycles. The summed E-state index contributed by atoms with van der Waals surface area (Å²) in [4.78, 5) is 13.0. The summed E-state index contributed by atoms with van der Waals surface area (Å²) in [7, 11) is 0. The van der Waals surface area contributed by atoms with E-state index in [9.17, 15) is 40.5 Å². The molecule has 14 nitrogen and oxygen atoms in total. The van der Waals surface area contributed by atoms with Crippen molar-refractivity contribution in [2.45, 2.75) is 293 Å².